The van der Waals surface area contributed by atoms with Gasteiger partial charge in [0.25, 0.3) is 0 Å². The Bertz CT molecular complexity index is 1410. The number of nitrogens with zero attached hydrogens (tertiary/aromatic N) is 1. The van der Waals surface area contributed by atoms with Crippen LogP contribution in [0.3, 0.4) is 0 Å². The lowest BCUT2D eigenvalue weighted by atomic mass is 9.97. The van der Waals surface area contributed by atoms with E-state index in [1.165, 1.54) is 11.8 Å². The van der Waals surface area contributed by atoms with Gasteiger partial charge in [0.05, 0.1) is 11.7 Å². The third-order valence-electron chi connectivity index (χ3n) is 8.71. The molecule has 0 spiro atoms. The summed E-state index contributed by atoms with van der Waals surface area (Å²) in [4.78, 5) is 27.4. The maximum Gasteiger partial charge on any atom is 0.411 e. The van der Waals surface area contributed by atoms with Gasteiger partial charge in [-0.2, -0.15) is 0 Å². The van der Waals surface area contributed by atoms with Crippen molar-refractivity contribution in [3.63, 3.8) is 0 Å². The molecule has 3 aliphatic rings. The number of ether oxygens (including phenoxy) is 3. The van der Waals surface area contributed by atoms with Crippen molar-refractivity contribution in [1.29, 1.82) is 0 Å². The van der Waals surface area contributed by atoms with Crippen LogP contribution < -0.4 is 16.0 Å². The van der Waals surface area contributed by atoms with Gasteiger partial charge >= 0.3 is 6.09 Å². The van der Waals surface area contributed by atoms with Crippen LogP contribution in [0.1, 0.15) is 57.8 Å². The van der Waals surface area contributed by atoms with Gasteiger partial charge in [0.15, 0.2) is 5.76 Å². The molecule has 5 rings (SSSR count). The number of para-hydroxylation sites is 1. The monoisotopic (exact) mass is 640 g/mol. The number of allylic oxidation sites excluding steroid dienone is 3. The number of rotatable bonds is 16. The van der Waals surface area contributed by atoms with Gasteiger partial charge in [0.1, 0.15) is 24.9 Å². The lowest BCUT2D eigenvalue weighted by Gasteiger charge is -2.31. The minimum atomic E-state index is -0.431. The molecule has 1 aliphatic carbocycles. The van der Waals surface area contributed by atoms with Crippen LogP contribution in [-0.2, 0) is 19.0 Å². The number of unbranched alkanes of at least 4 members (excludes halogenated alkanes) is 2. The summed E-state index contributed by atoms with van der Waals surface area (Å²) in [5.41, 5.74) is 4.14. The Balaban J connectivity index is 0.909. The molecular weight excluding hydrogens is 592 g/mol. The Hall–Kier alpha value is -4.34. The molecule has 0 radical (unpaired) electrons. The predicted molar refractivity (Wildman–Crippen MR) is 185 cm³/mol. The van der Waals surface area contributed by atoms with E-state index in [-0.39, 0.29) is 18.1 Å². The van der Waals surface area contributed by atoms with Gasteiger partial charge in [-0.1, -0.05) is 78.8 Å². The largest absolute Gasteiger partial charge is 0.466 e. The second kappa shape index (κ2) is 18.7. The van der Waals surface area contributed by atoms with E-state index in [9.17, 15) is 9.59 Å². The Morgan fingerprint density at radius 1 is 0.957 bits per heavy atom. The van der Waals surface area contributed by atoms with E-state index in [1.807, 2.05) is 54.6 Å². The first-order chi connectivity index (χ1) is 23.1. The number of piperidine rings is 1. The average Bonchev–Trinajstić information content (AvgIpc) is 3.12. The fourth-order valence-electron chi connectivity index (χ4n) is 6.08. The first-order valence-corrected chi connectivity index (χ1v) is 17.0. The molecule has 0 bridgehead atoms. The molecule has 9 nitrogen and oxygen atoms in total. The summed E-state index contributed by atoms with van der Waals surface area (Å²) in [6.07, 6.45) is 18.8. The molecule has 2 amide bonds. The van der Waals surface area contributed by atoms with Crippen LogP contribution in [0.15, 0.2) is 103 Å². The standard InChI is InChI=1S/C38H48N4O5/c43-37(40-22-11-3-10-21-39-35(36-29-45-26-27-46-36)28-30-12-4-1-5-13-30)20-25-42-23-18-32(19-24-42)47-38(44)41-34-17-9-8-16-33(34)31-14-6-2-7-15-31/h1-2,4,6-9,12,14-17,26-27,29,32,35,39H,3,5,10-11,13,18-25,28H2,(H,40,43)(H,41,44). The summed E-state index contributed by atoms with van der Waals surface area (Å²) in [5.74, 6) is 0.889. The van der Waals surface area contributed by atoms with E-state index in [4.69, 9.17) is 14.2 Å². The van der Waals surface area contributed by atoms with Crippen LogP contribution in [0.4, 0.5) is 10.5 Å². The molecule has 2 heterocycles. The second-order valence-electron chi connectivity index (χ2n) is 12.2. The molecule has 0 aromatic heterocycles. The number of hydrogen-bond acceptors (Lipinski definition) is 7. The SMILES string of the molecule is O=C(CCN1CCC(OC(=O)Nc2ccccc2-c2ccccc2)CC1)NCCCCCNC(CC1=CC=CCC1)C1=COC=CO1. The molecule has 2 aliphatic heterocycles. The minimum Gasteiger partial charge on any atom is -0.466 e. The lowest BCUT2D eigenvalue weighted by Crippen LogP contribution is -2.40. The van der Waals surface area contributed by atoms with E-state index in [0.29, 0.717) is 19.5 Å². The van der Waals surface area contributed by atoms with Crippen molar-refractivity contribution in [2.75, 3.05) is 38.0 Å². The summed E-state index contributed by atoms with van der Waals surface area (Å²) in [6, 6.07) is 17.8. The van der Waals surface area contributed by atoms with Crippen molar-refractivity contribution in [3.8, 4) is 11.1 Å². The Morgan fingerprint density at radius 2 is 1.77 bits per heavy atom. The quantitative estimate of drug-likeness (QED) is 0.170. The van der Waals surface area contributed by atoms with Gasteiger partial charge < -0.3 is 29.7 Å². The van der Waals surface area contributed by atoms with Crippen molar-refractivity contribution >= 4 is 17.7 Å². The Morgan fingerprint density at radius 3 is 2.55 bits per heavy atom. The van der Waals surface area contributed by atoms with Crippen LogP contribution in [0.2, 0.25) is 0 Å². The molecule has 3 N–H and O–H groups in total. The number of carbonyl (C=O) groups is 2. The fraction of sp³-hybridized carbons (Fsp3) is 0.421. The number of anilines is 1. The number of hydrogen-bond donors (Lipinski definition) is 3. The molecule has 1 atom stereocenters. The van der Waals surface area contributed by atoms with Gasteiger partial charge in [-0.15, -0.1) is 0 Å². The number of carbonyl (C=O) groups excluding carboxylic acids is 2. The van der Waals surface area contributed by atoms with Crippen LogP contribution >= 0.6 is 0 Å². The zero-order chi connectivity index (χ0) is 32.5. The maximum absolute atomic E-state index is 12.7. The Kier molecular flexibility index (Phi) is 13.5. The maximum atomic E-state index is 12.7. The highest BCUT2D eigenvalue weighted by Crippen LogP contribution is 2.28. The van der Waals surface area contributed by atoms with Crippen molar-refractivity contribution in [2.45, 2.75) is 69.9 Å². The summed E-state index contributed by atoms with van der Waals surface area (Å²) in [5, 5.41) is 9.63. The van der Waals surface area contributed by atoms with Crippen molar-refractivity contribution in [1.82, 2.24) is 15.5 Å². The smallest absolute Gasteiger partial charge is 0.411 e. The van der Waals surface area contributed by atoms with Gasteiger partial charge in [-0.3, -0.25) is 10.1 Å². The van der Waals surface area contributed by atoms with Crippen LogP contribution in [0, 0.1) is 0 Å². The molecule has 9 heteroatoms. The fourth-order valence-corrected chi connectivity index (χ4v) is 6.08. The van der Waals surface area contributed by atoms with E-state index in [0.717, 1.165) is 93.6 Å². The zero-order valence-corrected chi connectivity index (χ0v) is 27.2. The predicted octanol–water partition coefficient (Wildman–Crippen LogP) is 7.03. The van der Waals surface area contributed by atoms with Crippen LogP contribution in [0.5, 0.6) is 0 Å². The van der Waals surface area contributed by atoms with Crippen molar-refractivity contribution < 1.29 is 23.8 Å². The van der Waals surface area contributed by atoms with Crippen molar-refractivity contribution in [2.24, 2.45) is 0 Å². The normalized spacial score (nSPS) is 17.1. The van der Waals surface area contributed by atoms with E-state index in [2.05, 4.69) is 39.1 Å². The lowest BCUT2D eigenvalue weighted by molar-refractivity contribution is -0.121. The number of likely N-dealkylation sites (tertiary alicyclic amines) is 1. The minimum absolute atomic E-state index is 0.0774. The first-order valence-electron chi connectivity index (χ1n) is 17.0. The molecule has 1 unspecified atom stereocenters. The molecule has 47 heavy (non-hydrogen) atoms. The molecule has 2 aromatic carbocycles. The Labute approximate surface area is 278 Å². The molecule has 250 valence electrons. The van der Waals surface area contributed by atoms with E-state index < -0.39 is 6.09 Å². The first kappa shape index (κ1) is 34.0. The summed E-state index contributed by atoms with van der Waals surface area (Å²) >= 11 is 0. The third kappa shape index (κ3) is 11.4. The van der Waals surface area contributed by atoms with E-state index >= 15 is 0 Å². The van der Waals surface area contributed by atoms with Crippen LogP contribution in [0.25, 0.3) is 11.1 Å². The number of amides is 2. The molecule has 0 saturated carbocycles. The number of nitrogens with one attached hydrogen (secondary N) is 3. The van der Waals surface area contributed by atoms with E-state index in [1.54, 1.807) is 12.5 Å². The van der Waals surface area contributed by atoms with Gasteiger partial charge in [0, 0.05) is 38.2 Å². The summed E-state index contributed by atoms with van der Waals surface area (Å²) < 4.78 is 16.8. The van der Waals surface area contributed by atoms with Crippen LogP contribution in [-0.4, -0.2) is 61.8 Å². The highest BCUT2D eigenvalue weighted by atomic mass is 16.6. The molecule has 1 saturated heterocycles. The molecule has 1 fully saturated rings. The zero-order valence-electron chi connectivity index (χ0n) is 27.2. The molecular formula is C38H48N4O5. The summed E-state index contributed by atoms with van der Waals surface area (Å²) in [6.45, 7) is 3.88. The topological polar surface area (TPSA) is 101 Å². The average molecular weight is 641 g/mol. The molecule has 2 aromatic rings. The number of benzene rings is 2. The van der Waals surface area contributed by atoms with Gasteiger partial charge in [0.2, 0.25) is 5.91 Å². The van der Waals surface area contributed by atoms with Crippen molar-refractivity contribution in [3.05, 3.63) is 103 Å². The highest BCUT2D eigenvalue weighted by molar-refractivity contribution is 5.91. The van der Waals surface area contributed by atoms with Gasteiger partial charge in [-0.05, 0) is 63.1 Å². The van der Waals surface area contributed by atoms with Gasteiger partial charge in [-0.25, -0.2) is 4.79 Å². The highest BCUT2D eigenvalue weighted by Gasteiger charge is 2.23. The second-order valence-corrected chi connectivity index (χ2v) is 12.2. The summed E-state index contributed by atoms with van der Waals surface area (Å²) in [7, 11) is 0. The third-order valence-corrected chi connectivity index (χ3v) is 8.71.